The van der Waals surface area contributed by atoms with Crippen molar-refractivity contribution in [2.24, 2.45) is 5.73 Å². The van der Waals surface area contributed by atoms with Crippen LogP contribution in [0.15, 0.2) is 15.9 Å². The lowest BCUT2D eigenvalue weighted by atomic mass is 10.1. The number of halogens is 1. The molecule has 3 unspecified atom stereocenters. The Kier molecular flexibility index (Phi) is 7.06. The molecular weight excluding hydrogens is 322 g/mol. The van der Waals surface area contributed by atoms with E-state index in [1.165, 1.54) is 4.88 Å². The number of rotatable bonds is 7. The van der Waals surface area contributed by atoms with Crippen molar-refractivity contribution in [2.45, 2.75) is 30.7 Å². The maximum atomic E-state index is 9.40. The Labute approximate surface area is 119 Å². The van der Waals surface area contributed by atoms with E-state index < -0.39 is 6.10 Å². The molecule has 17 heavy (non-hydrogen) atoms. The average Bonchev–Trinajstić information content (AvgIpc) is 2.75. The highest BCUT2D eigenvalue weighted by molar-refractivity contribution is 9.10. The third kappa shape index (κ3) is 4.89. The molecule has 0 aliphatic heterocycles. The van der Waals surface area contributed by atoms with Gasteiger partial charge in [0.15, 0.2) is 0 Å². The Bertz CT molecular complexity index is 335. The Morgan fingerprint density at radius 2 is 2.29 bits per heavy atom. The highest BCUT2D eigenvalue weighted by atomic mass is 79.9. The minimum atomic E-state index is -0.671. The van der Waals surface area contributed by atoms with Crippen LogP contribution in [0.2, 0.25) is 0 Å². The van der Waals surface area contributed by atoms with E-state index in [0.717, 1.165) is 10.9 Å². The van der Waals surface area contributed by atoms with Gasteiger partial charge in [-0.15, -0.1) is 23.1 Å². The second-order valence-electron chi connectivity index (χ2n) is 3.83. The van der Waals surface area contributed by atoms with E-state index in [-0.39, 0.29) is 17.9 Å². The molecule has 1 aromatic heterocycles. The van der Waals surface area contributed by atoms with Crippen LogP contribution in [-0.4, -0.2) is 34.7 Å². The van der Waals surface area contributed by atoms with Crippen molar-refractivity contribution in [1.29, 1.82) is 0 Å². The van der Waals surface area contributed by atoms with Crippen LogP contribution in [0.25, 0.3) is 0 Å². The molecular formula is C11H18BrNO2S2. The maximum absolute atomic E-state index is 9.40. The van der Waals surface area contributed by atoms with E-state index in [4.69, 9.17) is 10.8 Å². The molecule has 0 saturated carbocycles. The normalized spacial score (nSPS) is 16.8. The summed E-state index contributed by atoms with van der Waals surface area (Å²) in [5.41, 5.74) is 6.11. The summed E-state index contributed by atoms with van der Waals surface area (Å²) in [4.78, 5) is 1.21. The first-order valence-corrected chi connectivity index (χ1v) is 8.20. The Morgan fingerprint density at radius 3 is 2.76 bits per heavy atom. The summed E-state index contributed by atoms with van der Waals surface area (Å²) >= 11 is 6.71. The predicted molar refractivity (Wildman–Crippen MR) is 78.6 cm³/mol. The summed E-state index contributed by atoms with van der Waals surface area (Å²) in [6, 6.07) is 2.14. The molecule has 1 heterocycles. The first-order chi connectivity index (χ1) is 8.08. The van der Waals surface area contributed by atoms with Crippen molar-refractivity contribution in [1.82, 2.24) is 0 Å². The summed E-state index contributed by atoms with van der Waals surface area (Å²) in [5, 5.41) is 20.4. The molecule has 0 bridgehead atoms. The van der Waals surface area contributed by atoms with Crippen molar-refractivity contribution in [3.05, 3.63) is 20.8 Å². The van der Waals surface area contributed by atoms with Gasteiger partial charge in [0.05, 0.1) is 18.0 Å². The number of hydrogen-bond acceptors (Lipinski definition) is 5. The van der Waals surface area contributed by atoms with E-state index in [9.17, 15) is 5.11 Å². The topological polar surface area (TPSA) is 66.5 Å². The summed E-state index contributed by atoms with van der Waals surface area (Å²) in [6.45, 7) is 1.86. The molecule has 4 N–H and O–H groups in total. The van der Waals surface area contributed by atoms with Gasteiger partial charge in [0, 0.05) is 26.5 Å². The van der Waals surface area contributed by atoms with Crippen LogP contribution < -0.4 is 5.73 Å². The van der Waals surface area contributed by atoms with Gasteiger partial charge >= 0.3 is 0 Å². The molecule has 3 atom stereocenters. The van der Waals surface area contributed by atoms with E-state index in [2.05, 4.69) is 28.9 Å². The third-order valence-corrected chi connectivity index (χ3v) is 5.87. The molecule has 0 saturated heterocycles. The summed E-state index contributed by atoms with van der Waals surface area (Å²) in [5.74, 6) is 0.504. The first-order valence-electron chi connectivity index (χ1n) is 5.48. The van der Waals surface area contributed by atoms with Gasteiger partial charge in [0.1, 0.15) is 0 Å². The number of thioether (sulfide) groups is 1. The smallest absolute Gasteiger partial charge is 0.0861 e. The highest BCUT2D eigenvalue weighted by Gasteiger charge is 2.21. The van der Waals surface area contributed by atoms with Gasteiger partial charge in [-0.2, -0.15) is 0 Å². The minimum Gasteiger partial charge on any atom is -0.394 e. The van der Waals surface area contributed by atoms with Gasteiger partial charge in [-0.3, -0.25) is 0 Å². The van der Waals surface area contributed by atoms with Gasteiger partial charge in [-0.25, -0.2) is 0 Å². The zero-order valence-corrected chi connectivity index (χ0v) is 12.9. The second kappa shape index (κ2) is 7.76. The largest absolute Gasteiger partial charge is 0.394 e. The van der Waals surface area contributed by atoms with Gasteiger partial charge in [-0.1, -0.05) is 6.92 Å². The molecule has 1 rings (SSSR count). The summed E-state index contributed by atoms with van der Waals surface area (Å²) < 4.78 is 1.06. The van der Waals surface area contributed by atoms with Crippen molar-refractivity contribution in [2.75, 3.05) is 12.4 Å². The number of nitrogens with two attached hydrogens (primary N) is 1. The van der Waals surface area contributed by atoms with Crippen LogP contribution in [0.5, 0.6) is 0 Å². The molecule has 0 radical (unpaired) electrons. The Morgan fingerprint density at radius 1 is 1.59 bits per heavy atom. The van der Waals surface area contributed by atoms with E-state index >= 15 is 0 Å². The van der Waals surface area contributed by atoms with E-state index in [1.54, 1.807) is 23.1 Å². The zero-order chi connectivity index (χ0) is 12.8. The van der Waals surface area contributed by atoms with Crippen molar-refractivity contribution >= 4 is 39.0 Å². The Hall–Kier alpha value is 0.410. The van der Waals surface area contributed by atoms with Crippen LogP contribution >= 0.6 is 39.0 Å². The fourth-order valence-corrected chi connectivity index (χ4v) is 4.45. The second-order valence-corrected chi connectivity index (χ2v) is 6.86. The number of aliphatic hydroxyl groups is 2. The molecule has 0 amide bonds. The lowest BCUT2D eigenvalue weighted by Gasteiger charge is -2.22. The first kappa shape index (κ1) is 15.5. The van der Waals surface area contributed by atoms with Crippen LogP contribution in [0.3, 0.4) is 0 Å². The predicted octanol–water partition coefficient (Wildman–Crippen LogP) is 2.38. The van der Waals surface area contributed by atoms with E-state index in [1.807, 2.05) is 5.38 Å². The van der Waals surface area contributed by atoms with Gasteiger partial charge in [-0.05, 0) is 28.4 Å². The monoisotopic (exact) mass is 339 g/mol. The highest BCUT2D eigenvalue weighted by Crippen LogP contribution is 2.37. The SMILES string of the molecule is CCC(N)C(SCC(O)CO)c1cc(Br)cs1. The zero-order valence-electron chi connectivity index (χ0n) is 9.67. The average molecular weight is 340 g/mol. The molecule has 3 nitrogen and oxygen atoms in total. The lowest BCUT2D eigenvalue weighted by molar-refractivity contribution is 0.113. The molecule has 0 aliphatic rings. The molecule has 0 spiro atoms. The fraction of sp³-hybridized carbons (Fsp3) is 0.636. The van der Waals surface area contributed by atoms with Gasteiger partial charge < -0.3 is 15.9 Å². The van der Waals surface area contributed by atoms with Crippen LogP contribution in [0.4, 0.5) is 0 Å². The lowest BCUT2D eigenvalue weighted by Crippen LogP contribution is -2.27. The fourth-order valence-electron chi connectivity index (χ4n) is 1.38. The van der Waals surface area contributed by atoms with E-state index in [0.29, 0.717) is 5.75 Å². The minimum absolute atomic E-state index is 0.0662. The molecule has 0 aromatic carbocycles. The summed E-state index contributed by atoms with van der Waals surface area (Å²) in [6.07, 6.45) is 0.220. The quantitative estimate of drug-likeness (QED) is 0.713. The number of hydrogen-bond donors (Lipinski definition) is 3. The van der Waals surface area contributed by atoms with Crippen LogP contribution in [0.1, 0.15) is 23.5 Å². The van der Waals surface area contributed by atoms with Gasteiger partial charge in [0.2, 0.25) is 0 Å². The standard InChI is InChI=1S/C11H18BrNO2S2/c1-2-9(13)11(17-6-8(15)4-14)10-3-7(12)5-16-10/h3,5,8-9,11,14-15H,2,4,6,13H2,1H3. The van der Waals surface area contributed by atoms with Crippen LogP contribution in [0, 0.1) is 0 Å². The molecule has 0 aliphatic carbocycles. The van der Waals surface area contributed by atoms with Crippen molar-refractivity contribution in [3.8, 4) is 0 Å². The van der Waals surface area contributed by atoms with Crippen molar-refractivity contribution in [3.63, 3.8) is 0 Å². The molecule has 1 aromatic rings. The molecule has 0 fully saturated rings. The molecule has 98 valence electrons. The maximum Gasteiger partial charge on any atom is 0.0861 e. The molecule has 6 heteroatoms. The number of thiophene rings is 1. The van der Waals surface area contributed by atoms with Crippen molar-refractivity contribution < 1.29 is 10.2 Å². The van der Waals surface area contributed by atoms with Crippen LogP contribution in [-0.2, 0) is 0 Å². The Balaban J connectivity index is 2.67. The summed E-state index contributed by atoms with van der Waals surface area (Å²) in [7, 11) is 0. The van der Waals surface area contributed by atoms with Gasteiger partial charge in [0.25, 0.3) is 0 Å². The number of aliphatic hydroxyl groups excluding tert-OH is 2. The third-order valence-electron chi connectivity index (χ3n) is 2.41.